The normalized spacial score (nSPS) is 10.6. The summed E-state index contributed by atoms with van der Waals surface area (Å²) in [5.41, 5.74) is 3.62. The van der Waals surface area contributed by atoms with Gasteiger partial charge < -0.3 is 15.5 Å². The van der Waals surface area contributed by atoms with Crippen LogP contribution >= 0.6 is 12.2 Å². The fourth-order valence-electron chi connectivity index (χ4n) is 2.01. The van der Waals surface area contributed by atoms with Gasteiger partial charge in [0.1, 0.15) is 0 Å². The summed E-state index contributed by atoms with van der Waals surface area (Å²) < 4.78 is 0. The first kappa shape index (κ1) is 15.9. The van der Waals surface area contributed by atoms with Crippen LogP contribution in [-0.2, 0) is 0 Å². The molecular weight excluding hydrogens is 254 g/mol. The van der Waals surface area contributed by atoms with Crippen molar-refractivity contribution in [3.63, 3.8) is 0 Å². The summed E-state index contributed by atoms with van der Waals surface area (Å²) in [5, 5.41) is 7.26. The molecule has 0 unspecified atom stereocenters. The predicted molar refractivity (Wildman–Crippen MR) is 87.1 cm³/mol. The molecule has 106 valence electrons. The van der Waals surface area contributed by atoms with Crippen molar-refractivity contribution < 1.29 is 4.90 Å². The summed E-state index contributed by atoms with van der Waals surface area (Å²) in [4.78, 5) is 1.59. The number of thiocarbonyl (C=S) groups is 1. The van der Waals surface area contributed by atoms with Crippen molar-refractivity contribution in [2.24, 2.45) is 0 Å². The topological polar surface area (TPSA) is 28.5 Å². The second kappa shape index (κ2) is 8.12. The van der Waals surface area contributed by atoms with E-state index >= 15 is 0 Å². The van der Waals surface area contributed by atoms with Gasteiger partial charge >= 0.3 is 0 Å². The third-order valence-electron chi connectivity index (χ3n) is 3.62. The molecule has 0 aromatic heterocycles. The van der Waals surface area contributed by atoms with E-state index in [9.17, 15) is 0 Å². The van der Waals surface area contributed by atoms with E-state index in [4.69, 9.17) is 12.2 Å². The molecule has 1 aromatic carbocycles. The Labute approximate surface area is 122 Å². The zero-order valence-corrected chi connectivity index (χ0v) is 13.3. The van der Waals surface area contributed by atoms with Gasteiger partial charge in [0.05, 0.1) is 26.2 Å². The summed E-state index contributed by atoms with van der Waals surface area (Å²) >= 11 is 5.33. The molecule has 0 bridgehead atoms. The monoisotopic (exact) mass is 280 g/mol. The Balaban J connectivity index is 2.41. The molecule has 19 heavy (non-hydrogen) atoms. The zero-order chi connectivity index (χ0) is 14.3. The minimum atomic E-state index is 0.709. The summed E-state index contributed by atoms with van der Waals surface area (Å²) in [6.07, 6.45) is 0. The Morgan fingerprint density at radius 1 is 1.21 bits per heavy atom. The molecule has 0 saturated heterocycles. The Kier molecular flexibility index (Phi) is 6.81. The van der Waals surface area contributed by atoms with Crippen LogP contribution in [0.2, 0.25) is 0 Å². The van der Waals surface area contributed by atoms with E-state index in [0.29, 0.717) is 5.11 Å². The van der Waals surface area contributed by atoms with E-state index in [1.807, 2.05) is 6.07 Å². The second-order valence-corrected chi connectivity index (χ2v) is 5.24. The van der Waals surface area contributed by atoms with Gasteiger partial charge in [0.25, 0.3) is 0 Å². The molecule has 0 radical (unpaired) electrons. The third-order valence-corrected chi connectivity index (χ3v) is 3.86. The summed E-state index contributed by atoms with van der Waals surface area (Å²) in [6.45, 7) is 13.0. The number of likely N-dealkylation sites (N-methyl/N-ethyl adjacent to an activating group) is 1. The van der Waals surface area contributed by atoms with Gasteiger partial charge in [0.15, 0.2) is 5.11 Å². The first-order chi connectivity index (χ1) is 9.08. The smallest absolute Gasteiger partial charge is 0.170 e. The number of hydrogen-bond donors (Lipinski definition) is 3. The quantitative estimate of drug-likeness (QED) is 0.690. The molecular formula is C15H26N3S+. The Hall–Kier alpha value is -1.13. The van der Waals surface area contributed by atoms with Crippen LogP contribution in [-0.4, -0.2) is 31.3 Å². The maximum absolute atomic E-state index is 5.33. The highest BCUT2D eigenvalue weighted by molar-refractivity contribution is 7.80. The van der Waals surface area contributed by atoms with Gasteiger partial charge in [-0.15, -0.1) is 0 Å². The summed E-state index contributed by atoms with van der Waals surface area (Å²) in [5.74, 6) is 0. The van der Waals surface area contributed by atoms with Crippen LogP contribution in [0.5, 0.6) is 0 Å². The van der Waals surface area contributed by atoms with Crippen molar-refractivity contribution in [3.05, 3.63) is 29.3 Å². The number of aryl methyl sites for hydroxylation is 1. The Morgan fingerprint density at radius 3 is 2.53 bits per heavy atom. The van der Waals surface area contributed by atoms with E-state index < -0.39 is 0 Å². The van der Waals surface area contributed by atoms with Crippen molar-refractivity contribution in [1.29, 1.82) is 0 Å². The first-order valence-corrected chi connectivity index (χ1v) is 7.43. The molecule has 0 fully saturated rings. The van der Waals surface area contributed by atoms with Crippen LogP contribution in [0.4, 0.5) is 5.69 Å². The van der Waals surface area contributed by atoms with Crippen LogP contribution < -0.4 is 15.5 Å². The molecule has 4 heteroatoms. The molecule has 0 aliphatic heterocycles. The molecule has 3 N–H and O–H groups in total. The highest BCUT2D eigenvalue weighted by Crippen LogP contribution is 2.17. The van der Waals surface area contributed by atoms with Gasteiger partial charge in [0, 0.05) is 5.69 Å². The number of anilines is 1. The van der Waals surface area contributed by atoms with Crippen molar-refractivity contribution >= 4 is 23.0 Å². The number of benzene rings is 1. The van der Waals surface area contributed by atoms with Crippen LogP contribution in [0.3, 0.4) is 0 Å². The van der Waals surface area contributed by atoms with Crippen molar-refractivity contribution in [2.75, 3.05) is 31.5 Å². The Bertz CT molecular complexity index is 414. The fourth-order valence-corrected chi connectivity index (χ4v) is 2.22. The highest BCUT2D eigenvalue weighted by atomic mass is 32.1. The zero-order valence-electron chi connectivity index (χ0n) is 12.5. The average molecular weight is 280 g/mol. The van der Waals surface area contributed by atoms with Crippen molar-refractivity contribution in [1.82, 2.24) is 5.32 Å². The van der Waals surface area contributed by atoms with E-state index in [-0.39, 0.29) is 0 Å². The van der Waals surface area contributed by atoms with Crippen LogP contribution in [0.15, 0.2) is 18.2 Å². The van der Waals surface area contributed by atoms with Crippen molar-refractivity contribution in [3.8, 4) is 0 Å². The first-order valence-electron chi connectivity index (χ1n) is 7.03. The minimum absolute atomic E-state index is 0.709. The SMILES string of the molecule is CC[NH+](CC)CCNC(=S)Nc1cccc(C)c1C. The molecule has 3 nitrogen and oxygen atoms in total. The maximum Gasteiger partial charge on any atom is 0.170 e. The largest absolute Gasteiger partial charge is 0.357 e. The van der Waals surface area contributed by atoms with E-state index in [0.717, 1.165) is 31.9 Å². The number of hydrogen-bond acceptors (Lipinski definition) is 1. The highest BCUT2D eigenvalue weighted by Gasteiger charge is 2.04. The van der Waals surface area contributed by atoms with Crippen molar-refractivity contribution in [2.45, 2.75) is 27.7 Å². The van der Waals surface area contributed by atoms with Gasteiger partial charge in [-0.2, -0.15) is 0 Å². The number of rotatable bonds is 6. The average Bonchev–Trinajstić information content (AvgIpc) is 2.40. The molecule has 1 aromatic rings. The lowest BCUT2D eigenvalue weighted by atomic mass is 10.1. The molecule has 0 spiro atoms. The molecule has 1 rings (SSSR count). The number of nitrogens with one attached hydrogen (secondary N) is 3. The molecule has 0 atom stereocenters. The van der Waals surface area contributed by atoms with Gasteiger partial charge in [-0.05, 0) is 57.1 Å². The third kappa shape index (κ3) is 5.17. The predicted octanol–water partition coefficient (Wildman–Crippen LogP) is 1.51. The van der Waals surface area contributed by atoms with Gasteiger partial charge in [0.2, 0.25) is 0 Å². The minimum Gasteiger partial charge on any atom is -0.357 e. The lowest BCUT2D eigenvalue weighted by molar-refractivity contribution is -0.895. The van der Waals surface area contributed by atoms with Gasteiger partial charge in [-0.1, -0.05) is 12.1 Å². The van der Waals surface area contributed by atoms with E-state index in [1.54, 1.807) is 4.90 Å². The molecule has 0 heterocycles. The summed E-state index contributed by atoms with van der Waals surface area (Å²) in [6, 6.07) is 6.22. The number of quaternary nitrogens is 1. The second-order valence-electron chi connectivity index (χ2n) is 4.84. The molecule has 0 aliphatic carbocycles. The van der Waals surface area contributed by atoms with Crippen LogP contribution in [0.1, 0.15) is 25.0 Å². The van der Waals surface area contributed by atoms with E-state index in [1.165, 1.54) is 11.1 Å². The van der Waals surface area contributed by atoms with Crippen LogP contribution in [0, 0.1) is 13.8 Å². The lowest BCUT2D eigenvalue weighted by Crippen LogP contribution is -3.12. The van der Waals surface area contributed by atoms with Gasteiger partial charge in [-0.3, -0.25) is 0 Å². The van der Waals surface area contributed by atoms with Crippen LogP contribution in [0.25, 0.3) is 0 Å². The van der Waals surface area contributed by atoms with E-state index in [2.05, 4.69) is 50.5 Å². The summed E-state index contributed by atoms with van der Waals surface area (Å²) in [7, 11) is 0. The standard InChI is InChI=1S/C15H25N3S/c1-5-18(6-2)11-10-16-15(19)17-14-9-7-8-12(3)13(14)4/h7-9H,5-6,10-11H2,1-4H3,(H2,16,17,19)/p+1. The molecule has 0 saturated carbocycles. The maximum atomic E-state index is 5.33. The lowest BCUT2D eigenvalue weighted by Gasteiger charge is -2.17. The fraction of sp³-hybridized carbons (Fsp3) is 0.533. The van der Waals surface area contributed by atoms with Gasteiger partial charge in [-0.25, -0.2) is 0 Å². The Morgan fingerprint density at radius 2 is 1.89 bits per heavy atom. The molecule has 0 amide bonds. The molecule has 0 aliphatic rings.